The van der Waals surface area contributed by atoms with Crippen LogP contribution in [0.1, 0.15) is 33.6 Å². The minimum atomic E-state index is -3.29. The maximum Gasteiger partial charge on any atom is 0.264 e. The van der Waals surface area contributed by atoms with Crippen LogP contribution in [0.15, 0.2) is 0 Å². The molecule has 2 bridgehead atoms. The zero-order valence-corrected chi connectivity index (χ0v) is 11.4. The van der Waals surface area contributed by atoms with Crippen molar-refractivity contribution >= 4 is 10.1 Å². The van der Waals surface area contributed by atoms with Crippen molar-refractivity contribution in [3.8, 4) is 0 Å². The summed E-state index contributed by atoms with van der Waals surface area (Å²) in [6.07, 6.45) is 3.62. The molecular formula is C12H22O3S. The smallest absolute Gasteiger partial charge is 0.264 e. The highest BCUT2D eigenvalue weighted by Crippen LogP contribution is 2.62. The molecule has 3 rings (SSSR count). The highest BCUT2D eigenvalue weighted by atomic mass is 32.2. The maximum atomic E-state index is 11.0. The molecule has 0 aromatic rings. The molecule has 4 atom stereocenters. The van der Waals surface area contributed by atoms with Crippen LogP contribution >= 0.6 is 0 Å². The largest absolute Gasteiger partial charge is 0.270 e. The summed E-state index contributed by atoms with van der Waals surface area (Å²) in [6.45, 7) is 7.22. The lowest BCUT2D eigenvalue weighted by atomic mass is 9.43. The molecule has 0 spiro atoms. The average molecular weight is 246 g/mol. The van der Waals surface area contributed by atoms with Gasteiger partial charge in [-0.25, -0.2) is 0 Å². The third kappa shape index (κ3) is 2.02. The molecule has 0 N–H and O–H groups in total. The van der Waals surface area contributed by atoms with Gasteiger partial charge in [-0.2, -0.15) is 8.42 Å². The van der Waals surface area contributed by atoms with E-state index >= 15 is 0 Å². The van der Waals surface area contributed by atoms with Crippen LogP contribution in [0, 0.1) is 29.1 Å². The van der Waals surface area contributed by atoms with Crippen LogP contribution in [0.25, 0.3) is 0 Å². The van der Waals surface area contributed by atoms with Crippen molar-refractivity contribution in [1.29, 1.82) is 0 Å². The van der Waals surface area contributed by atoms with Crippen molar-refractivity contribution in [3.05, 3.63) is 0 Å². The Morgan fingerprint density at radius 2 is 1.94 bits per heavy atom. The van der Waals surface area contributed by atoms with E-state index in [1.165, 1.54) is 12.8 Å². The van der Waals surface area contributed by atoms with Gasteiger partial charge in [-0.15, -0.1) is 0 Å². The first kappa shape index (κ1) is 12.4. The molecule has 0 aromatic heterocycles. The van der Waals surface area contributed by atoms with Gasteiger partial charge in [-0.3, -0.25) is 4.18 Å². The van der Waals surface area contributed by atoms with E-state index in [0.29, 0.717) is 29.8 Å². The molecule has 3 saturated carbocycles. The highest BCUT2D eigenvalue weighted by Gasteiger charge is 2.56. The minimum absolute atomic E-state index is 0.376. The molecule has 0 aromatic carbocycles. The zero-order chi connectivity index (χ0) is 12.1. The Balaban J connectivity index is 2.03. The van der Waals surface area contributed by atoms with E-state index in [2.05, 4.69) is 20.8 Å². The molecule has 3 aliphatic rings. The summed E-state index contributed by atoms with van der Waals surface area (Å²) in [6, 6.07) is 0. The molecule has 0 saturated heterocycles. The van der Waals surface area contributed by atoms with Crippen molar-refractivity contribution in [3.63, 3.8) is 0 Å². The van der Waals surface area contributed by atoms with Crippen molar-refractivity contribution in [1.82, 2.24) is 0 Å². The van der Waals surface area contributed by atoms with Gasteiger partial charge >= 0.3 is 0 Å². The molecule has 4 heteroatoms. The molecule has 3 aliphatic carbocycles. The first-order valence-electron chi connectivity index (χ1n) is 6.06. The molecule has 0 radical (unpaired) electrons. The molecule has 3 fully saturated rings. The Labute approximate surface area is 98.7 Å². The van der Waals surface area contributed by atoms with Gasteiger partial charge in [-0.1, -0.05) is 20.8 Å². The van der Waals surface area contributed by atoms with Gasteiger partial charge in [0.25, 0.3) is 10.1 Å². The fraction of sp³-hybridized carbons (Fsp3) is 1.00. The maximum absolute atomic E-state index is 11.0. The Bertz CT molecular complexity index is 372. The van der Waals surface area contributed by atoms with Crippen molar-refractivity contribution in [2.75, 3.05) is 12.9 Å². The van der Waals surface area contributed by atoms with Crippen molar-refractivity contribution in [2.45, 2.75) is 33.6 Å². The lowest BCUT2D eigenvalue weighted by Gasteiger charge is -2.62. The van der Waals surface area contributed by atoms with Gasteiger partial charge in [0.15, 0.2) is 0 Å². The van der Waals surface area contributed by atoms with Crippen LogP contribution in [0.5, 0.6) is 0 Å². The van der Waals surface area contributed by atoms with E-state index in [4.69, 9.17) is 4.18 Å². The first-order valence-corrected chi connectivity index (χ1v) is 7.88. The van der Waals surface area contributed by atoms with Crippen LogP contribution in [0.2, 0.25) is 0 Å². The molecule has 0 heterocycles. The second-order valence-electron chi connectivity index (χ2n) is 6.23. The molecule has 0 aliphatic heterocycles. The summed E-state index contributed by atoms with van der Waals surface area (Å²) < 4.78 is 27.1. The Kier molecular flexibility index (Phi) is 2.86. The van der Waals surface area contributed by atoms with E-state index in [1.807, 2.05) is 0 Å². The van der Waals surface area contributed by atoms with Crippen LogP contribution in [-0.4, -0.2) is 21.3 Å². The third-order valence-electron chi connectivity index (χ3n) is 4.92. The fourth-order valence-electron chi connectivity index (χ4n) is 3.69. The lowest BCUT2D eigenvalue weighted by molar-refractivity contribution is -0.139. The van der Waals surface area contributed by atoms with Crippen LogP contribution < -0.4 is 0 Å². The van der Waals surface area contributed by atoms with Crippen molar-refractivity contribution in [2.24, 2.45) is 29.1 Å². The summed E-state index contributed by atoms with van der Waals surface area (Å²) in [5.74, 6) is 2.48. The predicted octanol–water partition coefficient (Wildman–Crippen LogP) is 2.28. The summed E-state index contributed by atoms with van der Waals surface area (Å²) in [5, 5.41) is 0. The van der Waals surface area contributed by atoms with Gasteiger partial charge in [0, 0.05) is 0 Å². The van der Waals surface area contributed by atoms with Gasteiger partial charge in [0.1, 0.15) is 0 Å². The van der Waals surface area contributed by atoms with E-state index < -0.39 is 10.1 Å². The van der Waals surface area contributed by atoms with Gasteiger partial charge in [0.2, 0.25) is 0 Å². The number of hydrogen-bond acceptors (Lipinski definition) is 3. The van der Waals surface area contributed by atoms with E-state index in [-0.39, 0.29) is 0 Å². The summed E-state index contributed by atoms with van der Waals surface area (Å²) in [7, 11) is -3.29. The fourth-order valence-corrected chi connectivity index (χ4v) is 4.09. The Hall–Kier alpha value is -0.0900. The first-order chi connectivity index (χ1) is 7.22. The SMILES string of the molecule is C[C@H]1C[C@H]2C[C@@H]([C@H]1COS(C)(=O)=O)C2(C)C. The van der Waals surface area contributed by atoms with Gasteiger partial charge in [0.05, 0.1) is 12.9 Å². The average Bonchev–Trinajstić information content (AvgIpc) is 2.13. The molecule has 0 unspecified atom stereocenters. The number of fused-ring (bicyclic) bond motifs is 2. The topological polar surface area (TPSA) is 43.4 Å². The lowest BCUT2D eigenvalue weighted by Crippen LogP contribution is -2.56. The highest BCUT2D eigenvalue weighted by molar-refractivity contribution is 7.85. The quantitative estimate of drug-likeness (QED) is 0.718. The monoisotopic (exact) mass is 246 g/mol. The summed E-state index contributed by atoms with van der Waals surface area (Å²) in [4.78, 5) is 0. The summed E-state index contributed by atoms with van der Waals surface area (Å²) in [5.41, 5.74) is 0.387. The zero-order valence-electron chi connectivity index (χ0n) is 10.6. The Morgan fingerprint density at radius 3 is 2.44 bits per heavy atom. The number of rotatable bonds is 3. The number of hydrogen-bond donors (Lipinski definition) is 0. The van der Waals surface area contributed by atoms with Crippen LogP contribution in [0.3, 0.4) is 0 Å². The molecule has 3 nitrogen and oxygen atoms in total. The summed E-state index contributed by atoms with van der Waals surface area (Å²) >= 11 is 0. The van der Waals surface area contributed by atoms with E-state index in [0.717, 1.165) is 12.2 Å². The molecule has 94 valence electrons. The molecule has 16 heavy (non-hydrogen) atoms. The standard InChI is InChI=1S/C12H22O3S/c1-8-5-9-6-11(12(9,2)3)10(8)7-15-16(4,13)14/h8-11H,5-7H2,1-4H3/t8-,9-,10-,11-/m0/s1. The van der Waals surface area contributed by atoms with Crippen LogP contribution in [0.4, 0.5) is 0 Å². The molecule has 0 amide bonds. The van der Waals surface area contributed by atoms with Crippen LogP contribution in [-0.2, 0) is 14.3 Å². The van der Waals surface area contributed by atoms with E-state index in [1.54, 1.807) is 0 Å². The van der Waals surface area contributed by atoms with Crippen molar-refractivity contribution < 1.29 is 12.6 Å². The predicted molar refractivity (Wildman–Crippen MR) is 63.4 cm³/mol. The minimum Gasteiger partial charge on any atom is -0.270 e. The molecular weight excluding hydrogens is 224 g/mol. The Morgan fingerprint density at radius 1 is 1.31 bits per heavy atom. The third-order valence-corrected chi connectivity index (χ3v) is 5.49. The van der Waals surface area contributed by atoms with Gasteiger partial charge < -0.3 is 0 Å². The second kappa shape index (κ2) is 3.70. The van der Waals surface area contributed by atoms with E-state index in [9.17, 15) is 8.42 Å². The normalized spacial score (nSPS) is 41.5. The van der Waals surface area contributed by atoms with Gasteiger partial charge in [-0.05, 0) is 41.9 Å². The second-order valence-corrected chi connectivity index (χ2v) is 7.87.